The van der Waals surface area contributed by atoms with Gasteiger partial charge in [0, 0.05) is 16.1 Å². The Morgan fingerprint density at radius 1 is 1.45 bits per heavy atom. The van der Waals surface area contributed by atoms with Gasteiger partial charge in [0.05, 0.1) is 18.1 Å². The number of ether oxygens (including phenoxy) is 1. The molecule has 20 heavy (non-hydrogen) atoms. The molecule has 0 amide bonds. The lowest BCUT2D eigenvalue weighted by Gasteiger charge is -2.20. The molecule has 0 spiro atoms. The van der Waals surface area contributed by atoms with Gasteiger partial charge in [0.2, 0.25) is 0 Å². The first-order chi connectivity index (χ1) is 9.39. The third kappa shape index (κ3) is 5.15. The van der Waals surface area contributed by atoms with Crippen LogP contribution in [0, 0.1) is 16.7 Å². The van der Waals surface area contributed by atoms with Crippen LogP contribution < -0.4 is 10.1 Å². The smallest absolute Gasteiger partial charge is 0.125 e. The molecule has 0 aliphatic heterocycles. The van der Waals surface area contributed by atoms with Crippen LogP contribution in [0.15, 0.2) is 22.7 Å². The van der Waals surface area contributed by atoms with E-state index in [1.54, 1.807) is 0 Å². The summed E-state index contributed by atoms with van der Waals surface area (Å²) in [6.45, 7) is 9.53. The highest BCUT2D eigenvalue weighted by molar-refractivity contribution is 9.10. The van der Waals surface area contributed by atoms with Crippen molar-refractivity contribution in [1.82, 2.24) is 5.32 Å². The van der Waals surface area contributed by atoms with E-state index in [-0.39, 0.29) is 11.5 Å². The van der Waals surface area contributed by atoms with Crippen molar-refractivity contribution in [3.05, 3.63) is 28.2 Å². The Hall–Kier alpha value is -1.05. The number of nitrogens with zero attached hydrogens (tertiary/aromatic N) is 1. The molecular weight excluding hydrogens is 316 g/mol. The molecule has 1 aromatic rings. The Morgan fingerprint density at radius 3 is 2.75 bits per heavy atom. The van der Waals surface area contributed by atoms with Gasteiger partial charge in [-0.3, -0.25) is 0 Å². The number of nitrogens with one attached hydrogen (secondary N) is 1. The summed E-state index contributed by atoms with van der Waals surface area (Å²) in [5.74, 6) is 0.876. The van der Waals surface area contributed by atoms with E-state index in [0.717, 1.165) is 22.3 Å². The van der Waals surface area contributed by atoms with Crippen LogP contribution >= 0.6 is 15.9 Å². The molecule has 1 atom stereocenters. The SMILES string of the molecule is CCNC(C)c1ccc(Br)cc1OCCC(C)(C)C#N. The fraction of sp³-hybridized carbons (Fsp3) is 0.562. The predicted octanol–water partition coefficient (Wildman–Crippen LogP) is 4.44. The van der Waals surface area contributed by atoms with Crippen molar-refractivity contribution in [2.45, 2.75) is 40.2 Å². The Labute approximate surface area is 130 Å². The number of rotatable bonds is 7. The van der Waals surface area contributed by atoms with Crippen LogP contribution in [-0.2, 0) is 0 Å². The monoisotopic (exact) mass is 338 g/mol. The Bertz CT molecular complexity index is 480. The summed E-state index contributed by atoms with van der Waals surface area (Å²) in [5, 5.41) is 12.4. The highest BCUT2D eigenvalue weighted by Crippen LogP contribution is 2.29. The van der Waals surface area contributed by atoms with E-state index in [9.17, 15) is 0 Å². The zero-order valence-electron chi connectivity index (χ0n) is 12.7. The minimum absolute atomic E-state index is 0.243. The molecule has 4 heteroatoms. The molecule has 1 rings (SSSR count). The van der Waals surface area contributed by atoms with Crippen LogP contribution in [-0.4, -0.2) is 13.2 Å². The maximum absolute atomic E-state index is 9.03. The molecule has 0 heterocycles. The quantitative estimate of drug-likeness (QED) is 0.799. The molecule has 0 aliphatic rings. The first kappa shape index (κ1) is 17.0. The number of halogens is 1. The fourth-order valence-electron chi connectivity index (χ4n) is 1.88. The summed E-state index contributed by atoms with van der Waals surface area (Å²) in [6.07, 6.45) is 0.713. The Kier molecular flexibility index (Phi) is 6.51. The molecule has 1 unspecified atom stereocenters. The lowest BCUT2D eigenvalue weighted by Crippen LogP contribution is -2.19. The third-order valence-corrected chi connectivity index (χ3v) is 3.73. The van der Waals surface area contributed by atoms with Gasteiger partial charge in [-0.1, -0.05) is 28.9 Å². The average Bonchev–Trinajstić information content (AvgIpc) is 2.39. The van der Waals surface area contributed by atoms with Gasteiger partial charge in [-0.2, -0.15) is 5.26 Å². The Morgan fingerprint density at radius 2 is 2.15 bits per heavy atom. The van der Waals surface area contributed by atoms with Crippen molar-refractivity contribution in [2.24, 2.45) is 5.41 Å². The first-order valence-corrected chi connectivity index (χ1v) is 7.76. The second-order valence-electron chi connectivity index (χ2n) is 5.56. The summed E-state index contributed by atoms with van der Waals surface area (Å²) >= 11 is 3.48. The molecule has 1 aromatic carbocycles. The highest BCUT2D eigenvalue weighted by atomic mass is 79.9. The van der Waals surface area contributed by atoms with E-state index in [0.29, 0.717) is 13.0 Å². The number of nitriles is 1. The molecule has 0 saturated carbocycles. The summed E-state index contributed by atoms with van der Waals surface area (Å²) in [7, 11) is 0. The lowest BCUT2D eigenvalue weighted by molar-refractivity contribution is 0.260. The van der Waals surface area contributed by atoms with Crippen molar-refractivity contribution in [1.29, 1.82) is 5.26 Å². The van der Waals surface area contributed by atoms with E-state index < -0.39 is 0 Å². The molecule has 0 bridgehead atoms. The van der Waals surface area contributed by atoms with E-state index >= 15 is 0 Å². The number of hydrogen-bond donors (Lipinski definition) is 1. The van der Waals surface area contributed by atoms with Crippen LogP contribution in [0.1, 0.15) is 45.7 Å². The summed E-state index contributed by atoms with van der Waals surface area (Å²) in [4.78, 5) is 0. The van der Waals surface area contributed by atoms with Gasteiger partial charge in [0.15, 0.2) is 0 Å². The van der Waals surface area contributed by atoms with Crippen LogP contribution in [0.25, 0.3) is 0 Å². The normalized spacial score (nSPS) is 12.8. The van der Waals surface area contributed by atoms with Crippen molar-refractivity contribution in [3.63, 3.8) is 0 Å². The standard InChI is InChI=1S/C16H23BrN2O/c1-5-19-12(2)14-7-6-13(17)10-15(14)20-9-8-16(3,4)11-18/h6-7,10,12,19H,5,8-9H2,1-4H3. The van der Waals surface area contributed by atoms with Gasteiger partial charge in [0.1, 0.15) is 5.75 Å². The van der Waals surface area contributed by atoms with Gasteiger partial charge in [-0.25, -0.2) is 0 Å². The van der Waals surface area contributed by atoms with Gasteiger partial charge in [0.25, 0.3) is 0 Å². The summed E-state index contributed by atoms with van der Waals surface area (Å²) in [6, 6.07) is 8.62. The van der Waals surface area contributed by atoms with Crippen molar-refractivity contribution in [2.75, 3.05) is 13.2 Å². The molecule has 0 aromatic heterocycles. The number of hydrogen-bond acceptors (Lipinski definition) is 3. The van der Waals surface area contributed by atoms with Crippen LogP contribution in [0.3, 0.4) is 0 Å². The second kappa shape index (κ2) is 7.66. The van der Waals surface area contributed by atoms with Crippen molar-refractivity contribution in [3.8, 4) is 11.8 Å². The molecular formula is C16H23BrN2O. The van der Waals surface area contributed by atoms with Gasteiger partial charge in [-0.15, -0.1) is 0 Å². The van der Waals surface area contributed by atoms with Gasteiger partial charge in [-0.05, 0) is 45.9 Å². The van der Waals surface area contributed by atoms with Crippen molar-refractivity contribution >= 4 is 15.9 Å². The molecule has 3 nitrogen and oxygen atoms in total. The molecule has 110 valence electrons. The minimum Gasteiger partial charge on any atom is -0.493 e. The molecule has 1 N–H and O–H groups in total. The maximum Gasteiger partial charge on any atom is 0.125 e. The zero-order valence-corrected chi connectivity index (χ0v) is 14.3. The first-order valence-electron chi connectivity index (χ1n) is 6.96. The second-order valence-corrected chi connectivity index (χ2v) is 6.47. The molecule has 0 aliphatic carbocycles. The van der Waals surface area contributed by atoms with Crippen LogP contribution in [0.2, 0.25) is 0 Å². The van der Waals surface area contributed by atoms with Crippen LogP contribution in [0.5, 0.6) is 5.75 Å². The largest absolute Gasteiger partial charge is 0.493 e. The van der Waals surface area contributed by atoms with E-state index in [4.69, 9.17) is 10.00 Å². The summed E-state index contributed by atoms with van der Waals surface area (Å²) in [5.41, 5.74) is 0.796. The minimum atomic E-state index is -0.348. The topological polar surface area (TPSA) is 45.0 Å². The third-order valence-electron chi connectivity index (χ3n) is 3.24. The van der Waals surface area contributed by atoms with E-state index in [1.165, 1.54) is 0 Å². The maximum atomic E-state index is 9.03. The van der Waals surface area contributed by atoms with Gasteiger partial charge >= 0.3 is 0 Å². The lowest BCUT2D eigenvalue weighted by atomic mass is 9.92. The highest BCUT2D eigenvalue weighted by Gasteiger charge is 2.17. The van der Waals surface area contributed by atoms with E-state index in [2.05, 4.69) is 47.2 Å². The van der Waals surface area contributed by atoms with E-state index in [1.807, 2.05) is 26.0 Å². The number of benzene rings is 1. The zero-order chi connectivity index (χ0) is 15.2. The molecule has 0 radical (unpaired) electrons. The van der Waals surface area contributed by atoms with Crippen molar-refractivity contribution < 1.29 is 4.74 Å². The van der Waals surface area contributed by atoms with Gasteiger partial charge < -0.3 is 10.1 Å². The predicted molar refractivity (Wildman–Crippen MR) is 85.7 cm³/mol. The average molecular weight is 339 g/mol. The Balaban J connectivity index is 2.78. The van der Waals surface area contributed by atoms with Crippen LogP contribution in [0.4, 0.5) is 0 Å². The molecule has 0 saturated heterocycles. The molecule has 0 fully saturated rings. The fourth-order valence-corrected chi connectivity index (χ4v) is 2.22. The summed E-state index contributed by atoms with van der Waals surface area (Å²) < 4.78 is 6.90.